The summed E-state index contributed by atoms with van der Waals surface area (Å²) in [7, 11) is 0. The van der Waals surface area contributed by atoms with E-state index in [0.717, 1.165) is 24.5 Å². The predicted octanol–water partition coefficient (Wildman–Crippen LogP) is 12.4. The first-order chi connectivity index (χ1) is 20.7. The highest BCUT2D eigenvalue weighted by Gasteiger charge is 2.32. The summed E-state index contributed by atoms with van der Waals surface area (Å²) in [5.41, 5.74) is 1.13. The lowest BCUT2D eigenvalue weighted by atomic mass is 9.97. The van der Waals surface area contributed by atoms with Gasteiger partial charge in [0.05, 0.1) is 16.8 Å². The Morgan fingerprint density at radius 2 is 1.48 bits per heavy atom. The van der Waals surface area contributed by atoms with E-state index in [1.54, 1.807) is 20.8 Å². The second kappa shape index (κ2) is 23.8. The van der Waals surface area contributed by atoms with Crippen LogP contribution >= 0.6 is 11.6 Å². The molecule has 0 aromatic heterocycles. The number of phenolic OH excluding ortho intramolecular Hbond substituents is 1. The number of halogens is 4. The van der Waals surface area contributed by atoms with E-state index in [1.165, 1.54) is 44.2 Å². The molecule has 0 bridgehead atoms. The SMILES string of the molecule is CC.CCCC.CCCCC(C)C.CCCCc1cc(C(F)(F)F)cc(CC)c1N=C(C)NC(=O)c1cc(Cl)cc(C)c1O. The van der Waals surface area contributed by atoms with E-state index in [4.69, 9.17) is 11.6 Å². The summed E-state index contributed by atoms with van der Waals surface area (Å²) in [6.07, 6.45) is 4.68. The Kier molecular flexibility index (Phi) is 23.6. The Balaban J connectivity index is 0. The van der Waals surface area contributed by atoms with Crippen LogP contribution in [0, 0.1) is 12.8 Å². The molecule has 252 valence electrons. The van der Waals surface area contributed by atoms with Crippen LogP contribution in [-0.2, 0) is 19.0 Å². The lowest BCUT2D eigenvalue weighted by molar-refractivity contribution is -0.137. The molecule has 2 N–H and O–H groups in total. The number of aromatic hydroxyl groups is 1. The largest absolute Gasteiger partial charge is 0.507 e. The number of nitrogens with zero attached hydrogens (tertiary/aromatic N) is 1. The minimum atomic E-state index is -4.45. The van der Waals surface area contributed by atoms with Gasteiger partial charge in [0, 0.05) is 5.02 Å². The van der Waals surface area contributed by atoms with Crippen molar-refractivity contribution in [2.45, 2.75) is 140 Å². The van der Waals surface area contributed by atoms with Crippen LogP contribution in [-0.4, -0.2) is 16.8 Å². The van der Waals surface area contributed by atoms with Crippen molar-refractivity contribution in [1.29, 1.82) is 0 Å². The first kappa shape index (κ1) is 43.6. The third kappa shape index (κ3) is 17.1. The molecule has 2 rings (SSSR count). The summed E-state index contributed by atoms with van der Waals surface area (Å²) < 4.78 is 40.0. The van der Waals surface area contributed by atoms with E-state index >= 15 is 0 Å². The van der Waals surface area contributed by atoms with E-state index in [-0.39, 0.29) is 17.1 Å². The average molecular weight is 643 g/mol. The minimum Gasteiger partial charge on any atom is -0.507 e. The number of carbonyl (C=O) groups is 1. The molecule has 0 fully saturated rings. The summed E-state index contributed by atoms with van der Waals surface area (Å²) in [5, 5.41) is 13.0. The third-order valence-corrected chi connectivity index (χ3v) is 6.71. The number of amides is 1. The molecule has 0 heterocycles. The van der Waals surface area contributed by atoms with Gasteiger partial charge in [0.15, 0.2) is 0 Å². The van der Waals surface area contributed by atoms with Gasteiger partial charge >= 0.3 is 6.18 Å². The highest BCUT2D eigenvalue weighted by atomic mass is 35.5. The molecule has 0 radical (unpaired) electrons. The van der Waals surface area contributed by atoms with Crippen molar-refractivity contribution in [3.8, 4) is 5.75 Å². The standard InChI is InChI=1S/C23H26ClF3N2O2.C7H16.C4H10.C2H6/c1-5-7-8-16-11-17(23(25,26)27)10-15(6-2)20(16)28-14(4)29-22(31)19-12-18(24)9-13(3)21(19)30;1-4-5-6-7(2)3;1-3-4-2;1-2/h9-12,30H,5-8H2,1-4H3,(H,28,29,31);7H,4-6H2,1-3H3;3-4H2,1-2H3;1-2H3. The van der Waals surface area contributed by atoms with Crippen molar-refractivity contribution in [2.75, 3.05) is 0 Å². The zero-order valence-corrected chi connectivity index (χ0v) is 29.8. The number of aryl methyl sites for hydroxylation is 3. The highest BCUT2D eigenvalue weighted by molar-refractivity contribution is 6.31. The van der Waals surface area contributed by atoms with Gasteiger partial charge in [0.25, 0.3) is 5.91 Å². The van der Waals surface area contributed by atoms with Gasteiger partial charge in [-0.05, 0) is 80.0 Å². The molecule has 0 aliphatic rings. The topological polar surface area (TPSA) is 61.7 Å². The maximum atomic E-state index is 13.3. The zero-order chi connectivity index (χ0) is 34.5. The third-order valence-electron chi connectivity index (χ3n) is 6.49. The van der Waals surface area contributed by atoms with Crippen molar-refractivity contribution in [1.82, 2.24) is 5.32 Å². The van der Waals surface area contributed by atoms with Crippen LogP contribution in [0.1, 0.15) is 147 Å². The summed E-state index contributed by atoms with van der Waals surface area (Å²) in [5.74, 6) is 0.306. The number of nitrogens with one attached hydrogen (secondary N) is 1. The van der Waals surface area contributed by atoms with E-state index in [2.05, 4.69) is 44.9 Å². The molecule has 0 aliphatic heterocycles. The van der Waals surface area contributed by atoms with Crippen molar-refractivity contribution in [2.24, 2.45) is 10.9 Å². The number of aliphatic imine (C=N–C) groups is 1. The van der Waals surface area contributed by atoms with Crippen LogP contribution in [0.2, 0.25) is 5.02 Å². The summed E-state index contributed by atoms with van der Waals surface area (Å²) >= 11 is 5.98. The zero-order valence-electron chi connectivity index (χ0n) is 29.1. The van der Waals surface area contributed by atoms with E-state index in [9.17, 15) is 23.1 Å². The molecule has 4 nitrogen and oxygen atoms in total. The second-order valence-corrected chi connectivity index (χ2v) is 11.3. The first-order valence-electron chi connectivity index (χ1n) is 16.2. The fourth-order valence-corrected chi connectivity index (χ4v) is 4.12. The quantitative estimate of drug-likeness (QED) is 0.200. The van der Waals surface area contributed by atoms with Gasteiger partial charge in [0.2, 0.25) is 0 Å². The number of carbonyl (C=O) groups excluding carboxylic acids is 1. The van der Waals surface area contributed by atoms with E-state index < -0.39 is 17.6 Å². The number of phenols is 1. The Hall–Kier alpha value is -2.54. The van der Waals surface area contributed by atoms with Crippen molar-refractivity contribution >= 4 is 29.0 Å². The van der Waals surface area contributed by atoms with E-state index in [1.807, 2.05) is 20.8 Å². The molecular weight excluding hydrogens is 585 g/mol. The minimum absolute atomic E-state index is 0.00566. The van der Waals surface area contributed by atoms with Crippen LogP contribution in [0.4, 0.5) is 18.9 Å². The normalized spacial score (nSPS) is 11.0. The van der Waals surface area contributed by atoms with Gasteiger partial charge in [-0.25, -0.2) is 4.99 Å². The van der Waals surface area contributed by atoms with Gasteiger partial charge < -0.3 is 10.4 Å². The summed E-state index contributed by atoms with van der Waals surface area (Å²) in [4.78, 5) is 17.1. The highest BCUT2D eigenvalue weighted by Crippen LogP contribution is 2.36. The number of benzene rings is 2. The molecule has 0 atom stereocenters. The Morgan fingerprint density at radius 3 is 1.91 bits per heavy atom. The molecule has 44 heavy (non-hydrogen) atoms. The molecule has 0 saturated carbocycles. The molecule has 0 unspecified atom stereocenters. The summed E-state index contributed by atoms with van der Waals surface area (Å²) in [6.45, 7) is 22.0. The Bertz CT molecular complexity index is 1130. The number of unbranched alkanes of at least 4 members (excludes halogenated alkanes) is 3. The van der Waals surface area contributed by atoms with Gasteiger partial charge in [-0.15, -0.1) is 0 Å². The van der Waals surface area contributed by atoms with Crippen molar-refractivity contribution in [3.63, 3.8) is 0 Å². The Morgan fingerprint density at radius 1 is 0.932 bits per heavy atom. The van der Waals surface area contributed by atoms with Gasteiger partial charge in [-0.3, -0.25) is 4.79 Å². The second-order valence-electron chi connectivity index (χ2n) is 10.9. The molecule has 2 aromatic rings. The van der Waals surface area contributed by atoms with Crippen LogP contribution < -0.4 is 5.32 Å². The number of hydrogen-bond donors (Lipinski definition) is 2. The van der Waals surface area contributed by atoms with Crippen LogP contribution in [0.15, 0.2) is 29.3 Å². The maximum absolute atomic E-state index is 13.3. The molecule has 0 aliphatic carbocycles. The molecule has 0 saturated heterocycles. The monoisotopic (exact) mass is 642 g/mol. The Labute approximate surface area is 270 Å². The average Bonchev–Trinajstić information content (AvgIpc) is 2.97. The van der Waals surface area contributed by atoms with Gasteiger partial charge in [0.1, 0.15) is 11.6 Å². The molecular formula is C36H58ClF3N2O2. The van der Waals surface area contributed by atoms with Crippen molar-refractivity contribution < 1.29 is 23.1 Å². The molecule has 0 spiro atoms. The lowest BCUT2D eigenvalue weighted by Gasteiger charge is -2.16. The number of hydrogen-bond acceptors (Lipinski definition) is 3. The first-order valence-corrected chi connectivity index (χ1v) is 16.6. The molecule has 1 amide bonds. The maximum Gasteiger partial charge on any atom is 0.416 e. The fourth-order valence-electron chi connectivity index (χ4n) is 3.84. The molecule has 8 heteroatoms. The number of alkyl halides is 3. The smallest absolute Gasteiger partial charge is 0.416 e. The van der Waals surface area contributed by atoms with Gasteiger partial charge in [-0.2, -0.15) is 13.2 Å². The summed E-state index contributed by atoms with van der Waals surface area (Å²) in [6, 6.07) is 5.11. The van der Waals surface area contributed by atoms with Crippen molar-refractivity contribution in [3.05, 3.63) is 57.1 Å². The van der Waals surface area contributed by atoms with E-state index in [0.29, 0.717) is 46.7 Å². The lowest BCUT2D eigenvalue weighted by Crippen LogP contribution is -2.28. The van der Waals surface area contributed by atoms with Crippen LogP contribution in [0.3, 0.4) is 0 Å². The number of amidine groups is 1. The predicted molar refractivity (Wildman–Crippen MR) is 184 cm³/mol. The van der Waals surface area contributed by atoms with Crippen LogP contribution in [0.25, 0.3) is 0 Å². The van der Waals surface area contributed by atoms with Crippen LogP contribution in [0.5, 0.6) is 5.75 Å². The fraction of sp³-hybridized carbons (Fsp3) is 0.611. The molecule has 2 aromatic carbocycles. The number of rotatable bonds is 10. The van der Waals surface area contributed by atoms with Gasteiger partial charge in [-0.1, -0.05) is 112 Å².